The van der Waals surface area contributed by atoms with Gasteiger partial charge in [0.1, 0.15) is 5.82 Å². The molecule has 0 saturated heterocycles. The lowest BCUT2D eigenvalue weighted by Crippen LogP contribution is -2.39. The van der Waals surface area contributed by atoms with Gasteiger partial charge >= 0.3 is 0 Å². The first kappa shape index (κ1) is 16.0. The summed E-state index contributed by atoms with van der Waals surface area (Å²) in [4.78, 5) is 4.32. The van der Waals surface area contributed by atoms with Gasteiger partial charge in [0.25, 0.3) is 5.89 Å². The molecule has 1 saturated carbocycles. The Balaban J connectivity index is 1.64. The number of aromatic nitrogens is 4. The summed E-state index contributed by atoms with van der Waals surface area (Å²) in [6.45, 7) is 2.42. The normalized spacial score (nSPS) is 16.0. The fraction of sp³-hybridized carbons (Fsp3) is 0.389. The predicted molar refractivity (Wildman–Crippen MR) is 89.4 cm³/mol. The topological polar surface area (TPSA) is 76.8 Å². The SMILES string of the molecule is COCC1(c2ccc(-c3noc(-c4cc(C)[nH]n4)n3)cc2F)CCC1. The molecular formula is C18H19FN4O2. The number of H-pyrrole nitrogens is 1. The van der Waals surface area contributed by atoms with E-state index in [-0.39, 0.29) is 11.2 Å². The van der Waals surface area contributed by atoms with Crippen LogP contribution in [0.4, 0.5) is 4.39 Å². The highest BCUT2D eigenvalue weighted by Gasteiger charge is 2.40. The van der Waals surface area contributed by atoms with E-state index in [4.69, 9.17) is 9.26 Å². The summed E-state index contributed by atoms with van der Waals surface area (Å²) < 4.78 is 25.3. The lowest BCUT2D eigenvalue weighted by molar-refractivity contribution is 0.0767. The van der Waals surface area contributed by atoms with E-state index < -0.39 is 0 Å². The Hall–Kier alpha value is -2.54. The monoisotopic (exact) mass is 342 g/mol. The van der Waals surface area contributed by atoms with Crippen molar-refractivity contribution < 1.29 is 13.7 Å². The first-order chi connectivity index (χ1) is 12.1. The van der Waals surface area contributed by atoms with Crippen LogP contribution in [-0.4, -0.2) is 34.1 Å². The number of hydrogen-bond donors (Lipinski definition) is 1. The van der Waals surface area contributed by atoms with E-state index >= 15 is 0 Å². The molecule has 7 heteroatoms. The van der Waals surface area contributed by atoms with Gasteiger partial charge in [0.15, 0.2) is 5.69 Å². The largest absolute Gasteiger partial charge is 0.384 e. The predicted octanol–water partition coefficient (Wildman–Crippen LogP) is 3.64. The molecule has 0 unspecified atom stereocenters. The number of methoxy groups -OCH3 is 1. The van der Waals surface area contributed by atoms with Crippen molar-refractivity contribution in [3.8, 4) is 23.0 Å². The summed E-state index contributed by atoms with van der Waals surface area (Å²) in [7, 11) is 1.66. The molecule has 2 heterocycles. The Morgan fingerprint density at radius 2 is 2.16 bits per heavy atom. The number of nitrogens with zero attached hydrogens (tertiary/aromatic N) is 3. The van der Waals surface area contributed by atoms with Gasteiger partial charge in [-0.1, -0.05) is 23.7 Å². The molecule has 3 aromatic rings. The van der Waals surface area contributed by atoms with Gasteiger partial charge in [-0.05, 0) is 37.5 Å². The zero-order chi connectivity index (χ0) is 17.4. The van der Waals surface area contributed by atoms with E-state index in [2.05, 4.69) is 20.3 Å². The molecule has 1 fully saturated rings. The third kappa shape index (κ3) is 2.74. The lowest BCUT2D eigenvalue weighted by atomic mass is 9.65. The van der Waals surface area contributed by atoms with Crippen molar-refractivity contribution in [3.63, 3.8) is 0 Å². The maximum atomic E-state index is 14.7. The summed E-state index contributed by atoms with van der Waals surface area (Å²) in [5, 5.41) is 10.9. The summed E-state index contributed by atoms with van der Waals surface area (Å²) >= 11 is 0. The van der Waals surface area contributed by atoms with Crippen LogP contribution in [0.25, 0.3) is 23.0 Å². The molecule has 2 aromatic heterocycles. The highest BCUT2D eigenvalue weighted by Crippen LogP contribution is 2.45. The molecule has 4 rings (SSSR count). The van der Waals surface area contributed by atoms with E-state index in [9.17, 15) is 4.39 Å². The van der Waals surface area contributed by atoms with Crippen molar-refractivity contribution >= 4 is 0 Å². The van der Waals surface area contributed by atoms with Gasteiger partial charge in [0, 0.05) is 23.8 Å². The molecule has 0 atom stereocenters. The fourth-order valence-electron chi connectivity index (χ4n) is 3.43. The van der Waals surface area contributed by atoms with Gasteiger partial charge in [-0.2, -0.15) is 10.1 Å². The Bertz CT molecular complexity index is 898. The Morgan fingerprint density at radius 1 is 1.32 bits per heavy atom. The van der Waals surface area contributed by atoms with Gasteiger partial charge in [0.05, 0.1) is 6.61 Å². The van der Waals surface area contributed by atoms with Gasteiger partial charge in [0.2, 0.25) is 5.82 Å². The van der Waals surface area contributed by atoms with Crippen molar-refractivity contribution in [3.05, 3.63) is 41.3 Å². The van der Waals surface area contributed by atoms with Crippen LogP contribution in [0.3, 0.4) is 0 Å². The smallest absolute Gasteiger partial charge is 0.278 e. The zero-order valence-corrected chi connectivity index (χ0v) is 14.2. The van der Waals surface area contributed by atoms with E-state index in [1.54, 1.807) is 7.11 Å². The first-order valence-corrected chi connectivity index (χ1v) is 8.27. The number of halogens is 1. The number of aromatic amines is 1. The molecule has 0 aliphatic heterocycles. The molecule has 0 amide bonds. The highest BCUT2D eigenvalue weighted by atomic mass is 19.1. The molecule has 0 radical (unpaired) electrons. The summed E-state index contributed by atoms with van der Waals surface area (Å²) in [5.41, 5.74) is 2.55. The minimum atomic E-state index is -0.254. The summed E-state index contributed by atoms with van der Waals surface area (Å²) in [5.74, 6) is 0.394. The first-order valence-electron chi connectivity index (χ1n) is 8.27. The molecular weight excluding hydrogens is 323 g/mol. The van der Waals surface area contributed by atoms with E-state index in [0.717, 1.165) is 25.0 Å². The van der Waals surface area contributed by atoms with Crippen molar-refractivity contribution in [2.75, 3.05) is 13.7 Å². The Kier molecular flexibility index (Phi) is 3.88. The van der Waals surface area contributed by atoms with Crippen molar-refractivity contribution in [1.82, 2.24) is 20.3 Å². The van der Waals surface area contributed by atoms with Gasteiger partial charge in [-0.25, -0.2) is 4.39 Å². The average molecular weight is 342 g/mol. The van der Waals surface area contributed by atoms with Crippen molar-refractivity contribution in [2.45, 2.75) is 31.6 Å². The molecule has 25 heavy (non-hydrogen) atoms. The molecule has 1 aromatic carbocycles. The van der Waals surface area contributed by atoms with Crippen molar-refractivity contribution in [2.24, 2.45) is 0 Å². The Morgan fingerprint density at radius 3 is 2.76 bits per heavy atom. The molecule has 0 bridgehead atoms. The number of hydrogen-bond acceptors (Lipinski definition) is 5. The number of aryl methyl sites for hydroxylation is 1. The maximum Gasteiger partial charge on any atom is 0.278 e. The van der Waals surface area contributed by atoms with E-state index in [1.165, 1.54) is 6.07 Å². The van der Waals surface area contributed by atoms with Crippen LogP contribution in [0.1, 0.15) is 30.5 Å². The van der Waals surface area contributed by atoms with Gasteiger partial charge in [-0.15, -0.1) is 0 Å². The molecule has 1 N–H and O–H groups in total. The van der Waals surface area contributed by atoms with Crippen LogP contribution in [0.5, 0.6) is 0 Å². The number of rotatable bonds is 5. The summed E-state index contributed by atoms with van der Waals surface area (Å²) in [6.07, 6.45) is 2.99. The van der Waals surface area contributed by atoms with Crippen LogP contribution in [0.2, 0.25) is 0 Å². The molecule has 6 nitrogen and oxygen atoms in total. The van der Waals surface area contributed by atoms with Gasteiger partial charge < -0.3 is 9.26 Å². The third-order valence-corrected chi connectivity index (χ3v) is 4.88. The highest BCUT2D eigenvalue weighted by molar-refractivity contribution is 5.59. The third-order valence-electron chi connectivity index (χ3n) is 4.88. The number of benzene rings is 1. The number of nitrogens with one attached hydrogen (secondary N) is 1. The van der Waals surface area contributed by atoms with Crippen LogP contribution in [0, 0.1) is 12.7 Å². The van der Waals surface area contributed by atoms with Crippen molar-refractivity contribution in [1.29, 1.82) is 0 Å². The minimum Gasteiger partial charge on any atom is -0.384 e. The number of ether oxygens (including phenoxy) is 1. The second-order valence-corrected chi connectivity index (χ2v) is 6.62. The lowest BCUT2D eigenvalue weighted by Gasteiger charge is -2.42. The van der Waals surface area contributed by atoms with Crippen LogP contribution in [0.15, 0.2) is 28.8 Å². The van der Waals surface area contributed by atoms with Crippen LogP contribution in [-0.2, 0) is 10.2 Å². The zero-order valence-electron chi connectivity index (χ0n) is 14.2. The Labute approximate surface area is 144 Å². The summed E-state index contributed by atoms with van der Waals surface area (Å²) in [6, 6.07) is 6.93. The van der Waals surface area contributed by atoms with Gasteiger partial charge in [-0.3, -0.25) is 5.10 Å². The molecule has 1 aliphatic rings. The minimum absolute atomic E-state index is 0.202. The average Bonchev–Trinajstić information content (AvgIpc) is 3.20. The molecule has 130 valence electrons. The van der Waals surface area contributed by atoms with Crippen LogP contribution < -0.4 is 0 Å². The second kappa shape index (κ2) is 6.07. The quantitative estimate of drug-likeness (QED) is 0.766. The standard InChI is InChI=1S/C18H19FN4O2/c1-11-8-15(22-21-11)17-20-16(23-25-17)12-4-5-13(14(19)9-12)18(10-24-2)6-3-7-18/h4-5,8-9H,3,6-7,10H2,1-2H3,(H,21,22). The second-order valence-electron chi connectivity index (χ2n) is 6.62. The fourth-order valence-corrected chi connectivity index (χ4v) is 3.43. The van der Waals surface area contributed by atoms with E-state index in [1.807, 2.05) is 25.1 Å². The molecule has 0 spiro atoms. The molecule has 1 aliphatic carbocycles. The van der Waals surface area contributed by atoms with E-state index in [0.29, 0.717) is 35.1 Å². The van der Waals surface area contributed by atoms with Crippen LogP contribution >= 0.6 is 0 Å². The maximum absolute atomic E-state index is 14.7.